The van der Waals surface area contributed by atoms with E-state index in [-0.39, 0.29) is 11.9 Å². The van der Waals surface area contributed by atoms with Gasteiger partial charge in [-0.05, 0) is 48.1 Å². The monoisotopic (exact) mass is 401 g/mol. The first-order valence-electron chi connectivity index (χ1n) is 11.3. The van der Waals surface area contributed by atoms with Gasteiger partial charge in [-0.3, -0.25) is 4.79 Å². The van der Waals surface area contributed by atoms with Crippen molar-refractivity contribution < 1.29 is 4.79 Å². The molecule has 4 heteroatoms. The van der Waals surface area contributed by atoms with E-state index in [0.717, 1.165) is 37.4 Å². The molecular formula is C26H31N3O. The Bertz CT molecular complexity index is 896. The Hall–Kier alpha value is -2.80. The number of nitrogens with zero attached hydrogens (tertiary/aromatic N) is 2. The summed E-state index contributed by atoms with van der Waals surface area (Å²) in [6, 6.07) is 18.7. The molecule has 4 rings (SSSR count). The van der Waals surface area contributed by atoms with Crippen LogP contribution in [0.2, 0.25) is 0 Å². The van der Waals surface area contributed by atoms with Crippen LogP contribution in [0.5, 0.6) is 0 Å². The first-order valence-corrected chi connectivity index (χ1v) is 11.3. The number of carbonyl (C=O) groups is 1. The number of nitriles is 1. The van der Waals surface area contributed by atoms with Crippen LogP contribution in [0.1, 0.15) is 61.6 Å². The van der Waals surface area contributed by atoms with Gasteiger partial charge < -0.3 is 10.2 Å². The third kappa shape index (κ3) is 5.21. The van der Waals surface area contributed by atoms with E-state index in [9.17, 15) is 10.1 Å². The first kappa shape index (κ1) is 20.5. The van der Waals surface area contributed by atoms with Crippen LogP contribution in [-0.4, -0.2) is 18.5 Å². The summed E-state index contributed by atoms with van der Waals surface area (Å²) in [7, 11) is 0. The van der Waals surface area contributed by atoms with Gasteiger partial charge in [-0.2, -0.15) is 5.26 Å². The van der Waals surface area contributed by atoms with Crippen LogP contribution in [0.15, 0.2) is 48.5 Å². The number of hydrogen-bond acceptors (Lipinski definition) is 3. The van der Waals surface area contributed by atoms with Crippen molar-refractivity contribution in [1.82, 2.24) is 5.32 Å². The Kier molecular flexibility index (Phi) is 6.69. The molecule has 4 nitrogen and oxygen atoms in total. The quantitative estimate of drug-likeness (QED) is 0.744. The van der Waals surface area contributed by atoms with Crippen LogP contribution in [0.3, 0.4) is 0 Å². The van der Waals surface area contributed by atoms with E-state index >= 15 is 0 Å². The molecule has 1 fully saturated rings. The average Bonchev–Trinajstić information content (AvgIpc) is 2.78. The van der Waals surface area contributed by atoms with Gasteiger partial charge >= 0.3 is 0 Å². The molecule has 1 amide bonds. The number of amides is 1. The minimum Gasteiger partial charge on any atom is -0.365 e. The van der Waals surface area contributed by atoms with Crippen molar-refractivity contribution in [3.05, 3.63) is 65.2 Å². The summed E-state index contributed by atoms with van der Waals surface area (Å²) >= 11 is 0. The number of benzene rings is 2. The molecule has 2 aromatic rings. The second-order valence-corrected chi connectivity index (χ2v) is 8.83. The highest BCUT2D eigenvalue weighted by atomic mass is 16.1. The Labute approximate surface area is 179 Å². The van der Waals surface area contributed by atoms with E-state index < -0.39 is 0 Å². The lowest BCUT2D eigenvalue weighted by Gasteiger charge is -2.37. The predicted molar refractivity (Wildman–Crippen MR) is 120 cm³/mol. The number of fused-ring (bicyclic) bond motifs is 1. The normalized spacial score (nSPS) is 19.0. The number of rotatable bonds is 6. The Morgan fingerprint density at radius 3 is 2.67 bits per heavy atom. The molecule has 1 saturated carbocycles. The maximum Gasteiger partial charge on any atom is 0.220 e. The minimum atomic E-state index is 0.0778. The van der Waals surface area contributed by atoms with Gasteiger partial charge in [0.15, 0.2) is 0 Å². The summed E-state index contributed by atoms with van der Waals surface area (Å²) in [5.41, 5.74) is 4.24. The number of carbonyl (C=O) groups excluding carboxylic acids is 1. The zero-order valence-corrected chi connectivity index (χ0v) is 17.6. The third-order valence-corrected chi connectivity index (χ3v) is 6.54. The van der Waals surface area contributed by atoms with Gasteiger partial charge in [0.2, 0.25) is 5.91 Å². The van der Waals surface area contributed by atoms with Crippen LogP contribution in [0, 0.1) is 17.2 Å². The van der Waals surface area contributed by atoms with Gasteiger partial charge in [0.05, 0.1) is 17.7 Å². The van der Waals surface area contributed by atoms with E-state index in [1.807, 2.05) is 18.2 Å². The van der Waals surface area contributed by atoms with Crippen LogP contribution in [0.4, 0.5) is 5.69 Å². The predicted octanol–water partition coefficient (Wildman–Crippen LogP) is 4.97. The van der Waals surface area contributed by atoms with E-state index in [1.54, 1.807) is 0 Å². The molecule has 1 aliphatic carbocycles. The van der Waals surface area contributed by atoms with Gasteiger partial charge in [-0.15, -0.1) is 0 Å². The van der Waals surface area contributed by atoms with Crippen LogP contribution >= 0.6 is 0 Å². The lowest BCUT2D eigenvalue weighted by molar-refractivity contribution is -0.122. The smallest absolute Gasteiger partial charge is 0.220 e. The topological polar surface area (TPSA) is 56.1 Å². The van der Waals surface area contributed by atoms with Crippen molar-refractivity contribution in [2.24, 2.45) is 5.92 Å². The summed E-state index contributed by atoms with van der Waals surface area (Å²) in [5, 5.41) is 12.6. The molecule has 156 valence electrons. The lowest BCUT2D eigenvalue weighted by atomic mass is 9.86. The van der Waals surface area contributed by atoms with Crippen LogP contribution in [-0.2, 0) is 17.8 Å². The highest BCUT2D eigenvalue weighted by molar-refractivity contribution is 5.76. The fourth-order valence-electron chi connectivity index (χ4n) is 4.98. The Morgan fingerprint density at radius 1 is 1.10 bits per heavy atom. The summed E-state index contributed by atoms with van der Waals surface area (Å²) < 4.78 is 0. The fourth-order valence-corrected chi connectivity index (χ4v) is 4.98. The molecule has 0 radical (unpaired) electrons. The maximum atomic E-state index is 12.7. The summed E-state index contributed by atoms with van der Waals surface area (Å²) in [6.07, 6.45) is 8.99. The summed E-state index contributed by atoms with van der Waals surface area (Å²) in [4.78, 5) is 15.0. The van der Waals surface area contributed by atoms with Gasteiger partial charge in [0.1, 0.15) is 0 Å². The zero-order chi connectivity index (χ0) is 20.8. The molecule has 1 N–H and O–H groups in total. The average molecular weight is 402 g/mol. The van der Waals surface area contributed by atoms with E-state index in [0.29, 0.717) is 12.0 Å². The van der Waals surface area contributed by atoms with Gasteiger partial charge in [-0.25, -0.2) is 0 Å². The Morgan fingerprint density at radius 2 is 1.90 bits per heavy atom. The van der Waals surface area contributed by atoms with Crippen molar-refractivity contribution in [2.45, 2.75) is 64.0 Å². The van der Waals surface area contributed by atoms with E-state index in [4.69, 9.17) is 0 Å². The van der Waals surface area contributed by atoms with Crippen LogP contribution < -0.4 is 10.2 Å². The van der Waals surface area contributed by atoms with Gasteiger partial charge in [0, 0.05) is 25.2 Å². The first-order chi connectivity index (χ1) is 14.7. The molecular weight excluding hydrogens is 370 g/mol. The van der Waals surface area contributed by atoms with Crippen molar-refractivity contribution >= 4 is 11.6 Å². The second kappa shape index (κ2) is 9.80. The lowest BCUT2D eigenvalue weighted by Crippen LogP contribution is -2.48. The van der Waals surface area contributed by atoms with Crippen molar-refractivity contribution in [3.63, 3.8) is 0 Å². The SMILES string of the molecule is N#Cc1ccc2c(c1)C[C@H](NC(=O)CCC1CCCCC1)CN2Cc1ccccc1. The minimum absolute atomic E-state index is 0.0778. The van der Waals surface area contributed by atoms with Crippen molar-refractivity contribution in [3.8, 4) is 6.07 Å². The molecule has 30 heavy (non-hydrogen) atoms. The zero-order valence-electron chi connectivity index (χ0n) is 17.6. The second-order valence-electron chi connectivity index (χ2n) is 8.83. The summed E-state index contributed by atoms with van der Waals surface area (Å²) in [6.45, 7) is 1.59. The standard InChI is InChI=1S/C26H31N3O/c27-17-22-11-13-25-23(15-22)16-24(19-29(25)18-21-9-5-2-6-10-21)28-26(30)14-12-20-7-3-1-4-8-20/h2,5-6,9-11,13,15,20,24H,1,3-4,7-8,12,14,16,18-19H2,(H,28,30)/t24-/m0/s1. The van der Waals surface area contributed by atoms with Gasteiger partial charge in [0.25, 0.3) is 0 Å². The Balaban J connectivity index is 1.43. The molecule has 1 atom stereocenters. The largest absolute Gasteiger partial charge is 0.365 e. The third-order valence-electron chi connectivity index (χ3n) is 6.54. The molecule has 2 aliphatic rings. The molecule has 1 heterocycles. The summed E-state index contributed by atoms with van der Waals surface area (Å²) in [5.74, 6) is 0.898. The number of nitrogens with one attached hydrogen (secondary N) is 1. The molecule has 1 aliphatic heterocycles. The molecule has 0 saturated heterocycles. The number of hydrogen-bond donors (Lipinski definition) is 1. The fraction of sp³-hybridized carbons (Fsp3) is 0.462. The molecule has 0 bridgehead atoms. The molecule has 0 unspecified atom stereocenters. The highest BCUT2D eigenvalue weighted by Gasteiger charge is 2.26. The van der Waals surface area contributed by atoms with E-state index in [2.05, 4.69) is 46.6 Å². The maximum absolute atomic E-state index is 12.7. The molecule has 2 aromatic carbocycles. The molecule has 0 aromatic heterocycles. The van der Waals surface area contributed by atoms with Crippen molar-refractivity contribution in [2.75, 3.05) is 11.4 Å². The highest BCUT2D eigenvalue weighted by Crippen LogP contribution is 2.30. The number of anilines is 1. The van der Waals surface area contributed by atoms with Crippen LogP contribution in [0.25, 0.3) is 0 Å². The van der Waals surface area contributed by atoms with Gasteiger partial charge in [-0.1, -0.05) is 62.4 Å². The van der Waals surface area contributed by atoms with Crippen molar-refractivity contribution in [1.29, 1.82) is 5.26 Å². The van der Waals surface area contributed by atoms with E-state index in [1.165, 1.54) is 43.4 Å². The molecule has 0 spiro atoms.